The molecule has 0 bridgehead atoms. The van der Waals surface area contributed by atoms with E-state index in [9.17, 15) is 14.9 Å². The first-order chi connectivity index (χ1) is 10.0. The van der Waals surface area contributed by atoms with E-state index in [1.807, 2.05) is 37.3 Å². The van der Waals surface area contributed by atoms with Gasteiger partial charge in [0.05, 0.1) is 10.5 Å². The average Bonchev–Trinajstić information content (AvgIpc) is 2.49. The van der Waals surface area contributed by atoms with Gasteiger partial charge in [-0.2, -0.15) is 0 Å². The smallest absolute Gasteiger partial charge is 0.335 e. The Morgan fingerprint density at radius 1 is 1.24 bits per heavy atom. The third-order valence-electron chi connectivity index (χ3n) is 3.09. The zero-order chi connectivity index (χ0) is 15.4. The molecule has 0 aliphatic carbocycles. The Hall–Kier alpha value is -2.89. The Balaban J connectivity index is 2.56. The number of anilines is 2. The van der Waals surface area contributed by atoms with Gasteiger partial charge < -0.3 is 10.0 Å². The van der Waals surface area contributed by atoms with Crippen LogP contribution in [-0.4, -0.2) is 22.5 Å². The van der Waals surface area contributed by atoms with Crippen LogP contribution in [0.5, 0.6) is 0 Å². The van der Waals surface area contributed by atoms with Crippen LogP contribution in [0.1, 0.15) is 17.3 Å². The van der Waals surface area contributed by atoms with E-state index in [1.54, 1.807) is 4.90 Å². The monoisotopic (exact) mass is 286 g/mol. The second-order valence-corrected chi connectivity index (χ2v) is 4.35. The molecule has 0 aliphatic rings. The molecule has 0 saturated heterocycles. The van der Waals surface area contributed by atoms with Crippen molar-refractivity contribution in [1.29, 1.82) is 0 Å². The number of nitro benzene ring substituents is 1. The quantitative estimate of drug-likeness (QED) is 0.672. The highest BCUT2D eigenvalue weighted by atomic mass is 16.6. The molecule has 6 nitrogen and oxygen atoms in total. The highest BCUT2D eigenvalue weighted by Crippen LogP contribution is 2.34. The van der Waals surface area contributed by atoms with Crippen molar-refractivity contribution in [2.75, 3.05) is 11.4 Å². The molecule has 0 atom stereocenters. The summed E-state index contributed by atoms with van der Waals surface area (Å²) < 4.78 is 0. The van der Waals surface area contributed by atoms with Crippen LogP contribution in [-0.2, 0) is 0 Å². The fraction of sp³-hybridized carbons (Fsp3) is 0.133. The summed E-state index contributed by atoms with van der Waals surface area (Å²) in [6.07, 6.45) is 0. The van der Waals surface area contributed by atoms with Crippen LogP contribution in [0.25, 0.3) is 0 Å². The minimum absolute atomic E-state index is 0.102. The molecule has 0 spiro atoms. The predicted octanol–water partition coefficient (Wildman–Crippen LogP) is 3.45. The second kappa shape index (κ2) is 6.04. The molecule has 0 amide bonds. The fourth-order valence-electron chi connectivity index (χ4n) is 2.13. The number of nitro groups is 1. The van der Waals surface area contributed by atoms with Crippen LogP contribution < -0.4 is 4.90 Å². The largest absolute Gasteiger partial charge is 0.478 e. The maximum absolute atomic E-state index is 11.2. The Morgan fingerprint density at radius 2 is 1.90 bits per heavy atom. The molecule has 1 N–H and O–H groups in total. The number of aromatic carboxylic acids is 1. The van der Waals surface area contributed by atoms with Gasteiger partial charge in [-0.15, -0.1) is 0 Å². The van der Waals surface area contributed by atoms with E-state index in [0.717, 1.165) is 11.8 Å². The fourth-order valence-corrected chi connectivity index (χ4v) is 2.13. The standard InChI is InChI=1S/C15H14N2O4/c1-2-16(12-6-4-3-5-7-12)13-9-8-11(15(18)19)10-14(13)17(20)21/h3-10H,2H2,1H3,(H,18,19). The zero-order valence-corrected chi connectivity index (χ0v) is 11.4. The van der Waals surface area contributed by atoms with Crippen LogP contribution >= 0.6 is 0 Å². The summed E-state index contributed by atoms with van der Waals surface area (Å²) >= 11 is 0. The molecule has 108 valence electrons. The maximum atomic E-state index is 11.2. The normalized spacial score (nSPS) is 10.1. The van der Waals surface area contributed by atoms with Crippen molar-refractivity contribution < 1.29 is 14.8 Å². The summed E-state index contributed by atoms with van der Waals surface area (Å²) in [5, 5.41) is 20.2. The molecule has 0 saturated carbocycles. The molecule has 0 aliphatic heterocycles. The molecule has 6 heteroatoms. The third kappa shape index (κ3) is 3.00. The molecular formula is C15H14N2O4. The number of para-hydroxylation sites is 1. The Bertz CT molecular complexity index is 671. The van der Waals surface area contributed by atoms with Crippen molar-refractivity contribution in [2.24, 2.45) is 0 Å². The molecular weight excluding hydrogens is 272 g/mol. The lowest BCUT2D eigenvalue weighted by Gasteiger charge is -2.23. The van der Waals surface area contributed by atoms with Crippen molar-refractivity contribution in [3.8, 4) is 0 Å². The third-order valence-corrected chi connectivity index (χ3v) is 3.09. The van der Waals surface area contributed by atoms with E-state index in [4.69, 9.17) is 5.11 Å². The maximum Gasteiger partial charge on any atom is 0.335 e. The van der Waals surface area contributed by atoms with Gasteiger partial charge in [0.15, 0.2) is 0 Å². The van der Waals surface area contributed by atoms with E-state index in [1.165, 1.54) is 12.1 Å². The molecule has 21 heavy (non-hydrogen) atoms. The molecule has 2 rings (SSSR count). The van der Waals surface area contributed by atoms with Gasteiger partial charge in [0, 0.05) is 18.3 Å². The topological polar surface area (TPSA) is 83.7 Å². The van der Waals surface area contributed by atoms with E-state index in [0.29, 0.717) is 12.2 Å². The van der Waals surface area contributed by atoms with Crippen LogP contribution in [0.3, 0.4) is 0 Å². The van der Waals surface area contributed by atoms with Crippen LogP contribution in [0.15, 0.2) is 48.5 Å². The lowest BCUT2D eigenvalue weighted by Crippen LogP contribution is -2.17. The first kappa shape index (κ1) is 14.5. The number of nitrogens with zero attached hydrogens (tertiary/aromatic N) is 2. The molecule has 0 heterocycles. The number of hydrogen-bond donors (Lipinski definition) is 1. The number of carboxylic acid groups (broad SMARTS) is 1. The number of hydrogen-bond acceptors (Lipinski definition) is 4. The highest BCUT2D eigenvalue weighted by Gasteiger charge is 2.21. The Morgan fingerprint density at radius 3 is 2.43 bits per heavy atom. The van der Waals surface area contributed by atoms with Crippen molar-refractivity contribution in [3.63, 3.8) is 0 Å². The Kier molecular flexibility index (Phi) is 4.18. The van der Waals surface area contributed by atoms with Crippen LogP contribution in [0.4, 0.5) is 17.1 Å². The average molecular weight is 286 g/mol. The second-order valence-electron chi connectivity index (χ2n) is 4.35. The summed E-state index contributed by atoms with van der Waals surface area (Å²) in [6.45, 7) is 2.40. The van der Waals surface area contributed by atoms with Crippen LogP contribution in [0, 0.1) is 10.1 Å². The molecule has 0 radical (unpaired) electrons. The highest BCUT2D eigenvalue weighted by molar-refractivity contribution is 5.90. The van der Waals surface area contributed by atoms with Crippen molar-refractivity contribution in [3.05, 3.63) is 64.2 Å². The van der Waals surface area contributed by atoms with Gasteiger partial charge in [-0.3, -0.25) is 10.1 Å². The van der Waals surface area contributed by atoms with Crippen molar-refractivity contribution >= 4 is 23.0 Å². The first-order valence-electron chi connectivity index (χ1n) is 6.39. The number of rotatable bonds is 5. The minimum Gasteiger partial charge on any atom is -0.478 e. The summed E-state index contributed by atoms with van der Waals surface area (Å²) in [5.74, 6) is -1.19. The van der Waals surface area contributed by atoms with E-state index >= 15 is 0 Å². The van der Waals surface area contributed by atoms with Crippen LogP contribution in [0.2, 0.25) is 0 Å². The van der Waals surface area contributed by atoms with Gasteiger partial charge in [-0.05, 0) is 31.2 Å². The molecule has 2 aromatic rings. The summed E-state index contributed by atoms with van der Waals surface area (Å²) in [4.78, 5) is 23.4. The Labute approximate surface area is 121 Å². The summed E-state index contributed by atoms with van der Waals surface area (Å²) in [5.41, 5.74) is 0.861. The van der Waals surface area contributed by atoms with E-state index < -0.39 is 10.9 Å². The molecule has 0 fully saturated rings. The predicted molar refractivity (Wildman–Crippen MR) is 79.2 cm³/mol. The van der Waals surface area contributed by atoms with Gasteiger partial charge in [0.1, 0.15) is 5.69 Å². The zero-order valence-electron chi connectivity index (χ0n) is 11.4. The number of carboxylic acids is 1. The molecule has 2 aromatic carbocycles. The minimum atomic E-state index is -1.19. The lowest BCUT2D eigenvalue weighted by molar-refractivity contribution is -0.384. The van der Waals surface area contributed by atoms with Crippen molar-refractivity contribution in [2.45, 2.75) is 6.92 Å². The molecule has 0 unspecified atom stereocenters. The van der Waals surface area contributed by atoms with Gasteiger partial charge >= 0.3 is 5.97 Å². The number of carbonyl (C=O) groups is 1. The summed E-state index contributed by atoms with van der Waals surface area (Å²) in [6, 6.07) is 13.2. The van der Waals surface area contributed by atoms with Gasteiger partial charge in [0.25, 0.3) is 5.69 Å². The SMILES string of the molecule is CCN(c1ccccc1)c1ccc(C(=O)O)cc1[N+](=O)[O-]. The van der Waals surface area contributed by atoms with Crippen molar-refractivity contribution in [1.82, 2.24) is 0 Å². The summed E-state index contributed by atoms with van der Waals surface area (Å²) in [7, 11) is 0. The van der Waals surface area contributed by atoms with Gasteiger partial charge in [0.2, 0.25) is 0 Å². The molecule has 0 aromatic heterocycles. The van der Waals surface area contributed by atoms with E-state index in [-0.39, 0.29) is 11.3 Å². The first-order valence-corrected chi connectivity index (χ1v) is 6.39. The lowest BCUT2D eigenvalue weighted by atomic mass is 10.1. The number of benzene rings is 2. The van der Waals surface area contributed by atoms with E-state index in [2.05, 4.69) is 0 Å². The van der Waals surface area contributed by atoms with Gasteiger partial charge in [-0.1, -0.05) is 18.2 Å². The van der Waals surface area contributed by atoms with Gasteiger partial charge in [-0.25, -0.2) is 4.79 Å².